The van der Waals surface area contributed by atoms with Gasteiger partial charge in [-0.15, -0.1) is 0 Å². The lowest BCUT2D eigenvalue weighted by Gasteiger charge is -2.12. The summed E-state index contributed by atoms with van der Waals surface area (Å²) in [5.74, 6) is 0.418. The molecule has 0 spiro atoms. The van der Waals surface area contributed by atoms with Crippen molar-refractivity contribution >= 4 is 9.84 Å². The molecular formula is C13H21NO4S. The van der Waals surface area contributed by atoms with Gasteiger partial charge in [0.2, 0.25) is 0 Å². The SMILES string of the molecule is CCCS(=O)(=O)CC(O)COc1ccc(CN)cc1. The summed E-state index contributed by atoms with van der Waals surface area (Å²) >= 11 is 0. The highest BCUT2D eigenvalue weighted by atomic mass is 32.2. The normalized spacial score (nSPS) is 13.2. The van der Waals surface area contributed by atoms with Crippen LogP contribution in [0.15, 0.2) is 24.3 Å². The van der Waals surface area contributed by atoms with E-state index in [1.54, 1.807) is 19.1 Å². The first-order valence-electron chi connectivity index (χ1n) is 6.27. The predicted octanol–water partition coefficient (Wildman–Crippen LogP) is 0.710. The summed E-state index contributed by atoms with van der Waals surface area (Å²) in [6.07, 6.45) is -0.457. The van der Waals surface area contributed by atoms with Crippen molar-refractivity contribution in [2.24, 2.45) is 5.73 Å². The molecule has 0 amide bonds. The molecule has 1 unspecified atom stereocenters. The second-order valence-electron chi connectivity index (χ2n) is 4.43. The molecule has 0 bridgehead atoms. The Morgan fingerprint density at radius 2 is 1.95 bits per heavy atom. The Hall–Kier alpha value is -1.11. The van der Waals surface area contributed by atoms with E-state index in [0.29, 0.717) is 18.7 Å². The Bertz CT molecular complexity index is 470. The Morgan fingerprint density at radius 3 is 2.47 bits per heavy atom. The first-order valence-corrected chi connectivity index (χ1v) is 8.09. The van der Waals surface area contributed by atoms with Gasteiger partial charge in [-0.05, 0) is 24.1 Å². The highest BCUT2D eigenvalue weighted by Gasteiger charge is 2.16. The quantitative estimate of drug-likeness (QED) is 0.735. The molecule has 1 atom stereocenters. The van der Waals surface area contributed by atoms with Crippen molar-refractivity contribution < 1.29 is 18.3 Å². The number of rotatable bonds is 8. The average molecular weight is 287 g/mol. The first-order chi connectivity index (χ1) is 8.96. The van der Waals surface area contributed by atoms with E-state index >= 15 is 0 Å². The fourth-order valence-corrected chi connectivity index (χ4v) is 3.12. The maximum atomic E-state index is 11.5. The van der Waals surface area contributed by atoms with Crippen molar-refractivity contribution in [1.29, 1.82) is 0 Å². The van der Waals surface area contributed by atoms with E-state index in [4.69, 9.17) is 10.5 Å². The summed E-state index contributed by atoms with van der Waals surface area (Å²) in [5.41, 5.74) is 6.46. The highest BCUT2D eigenvalue weighted by Crippen LogP contribution is 2.12. The van der Waals surface area contributed by atoms with Crippen LogP contribution in [0.3, 0.4) is 0 Å². The summed E-state index contributed by atoms with van der Waals surface area (Å²) in [4.78, 5) is 0. The smallest absolute Gasteiger partial charge is 0.152 e. The zero-order valence-electron chi connectivity index (χ0n) is 11.1. The third kappa shape index (κ3) is 6.04. The maximum Gasteiger partial charge on any atom is 0.152 e. The maximum absolute atomic E-state index is 11.5. The fraction of sp³-hybridized carbons (Fsp3) is 0.538. The molecule has 5 nitrogen and oxygen atoms in total. The van der Waals surface area contributed by atoms with Crippen LogP contribution in [0, 0.1) is 0 Å². The minimum Gasteiger partial charge on any atom is -0.491 e. The minimum atomic E-state index is -3.19. The van der Waals surface area contributed by atoms with Gasteiger partial charge in [-0.25, -0.2) is 8.42 Å². The zero-order chi connectivity index (χ0) is 14.3. The third-order valence-corrected chi connectivity index (χ3v) is 4.49. The van der Waals surface area contributed by atoms with Crippen molar-refractivity contribution in [2.45, 2.75) is 26.0 Å². The molecule has 0 aliphatic rings. The van der Waals surface area contributed by atoms with Crippen molar-refractivity contribution in [1.82, 2.24) is 0 Å². The first kappa shape index (κ1) is 15.9. The predicted molar refractivity (Wildman–Crippen MR) is 74.8 cm³/mol. The van der Waals surface area contributed by atoms with Crippen LogP contribution in [0.1, 0.15) is 18.9 Å². The Labute approximate surface area is 114 Å². The summed E-state index contributed by atoms with van der Waals surface area (Å²) in [6.45, 7) is 2.21. The van der Waals surface area contributed by atoms with E-state index in [1.165, 1.54) is 0 Å². The number of aliphatic hydroxyl groups excluding tert-OH is 1. The van der Waals surface area contributed by atoms with Crippen LogP contribution >= 0.6 is 0 Å². The standard InChI is InChI=1S/C13H21NO4S/c1-2-7-19(16,17)10-12(15)9-18-13-5-3-11(8-14)4-6-13/h3-6,12,15H,2,7-10,14H2,1H3. The Morgan fingerprint density at radius 1 is 1.32 bits per heavy atom. The number of sulfone groups is 1. The largest absolute Gasteiger partial charge is 0.491 e. The topological polar surface area (TPSA) is 89.6 Å². The van der Waals surface area contributed by atoms with Crippen molar-refractivity contribution in [2.75, 3.05) is 18.1 Å². The number of ether oxygens (including phenoxy) is 1. The molecule has 1 aromatic rings. The molecule has 0 aromatic heterocycles. The second-order valence-corrected chi connectivity index (χ2v) is 6.66. The van der Waals surface area contributed by atoms with Crippen LogP contribution in [0.25, 0.3) is 0 Å². The summed E-state index contributed by atoms with van der Waals surface area (Å²) in [6, 6.07) is 7.15. The van der Waals surface area contributed by atoms with Gasteiger partial charge in [-0.1, -0.05) is 19.1 Å². The molecule has 0 saturated carbocycles. The van der Waals surface area contributed by atoms with E-state index in [2.05, 4.69) is 0 Å². The highest BCUT2D eigenvalue weighted by molar-refractivity contribution is 7.91. The number of aliphatic hydroxyl groups is 1. The number of benzene rings is 1. The second kappa shape index (κ2) is 7.47. The van der Waals surface area contributed by atoms with Crippen molar-refractivity contribution in [3.63, 3.8) is 0 Å². The van der Waals surface area contributed by atoms with E-state index in [9.17, 15) is 13.5 Å². The minimum absolute atomic E-state index is 0.0368. The number of hydrogen-bond acceptors (Lipinski definition) is 5. The number of nitrogens with two attached hydrogens (primary N) is 1. The zero-order valence-corrected chi connectivity index (χ0v) is 11.9. The monoisotopic (exact) mass is 287 g/mol. The van der Waals surface area contributed by atoms with Crippen LogP contribution in [-0.2, 0) is 16.4 Å². The van der Waals surface area contributed by atoms with Crippen LogP contribution < -0.4 is 10.5 Å². The third-order valence-electron chi connectivity index (χ3n) is 2.56. The van der Waals surface area contributed by atoms with Gasteiger partial charge in [0.25, 0.3) is 0 Å². The van der Waals surface area contributed by atoms with Crippen LogP contribution in [0.2, 0.25) is 0 Å². The van der Waals surface area contributed by atoms with Gasteiger partial charge in [0.15, 0.2) is 9.84 Å². The molecule has 0 fully saturated rings. The van der Waals surface area contributed by atoms with Crippen molar-refractivity contribution in [3.8, 4) is 5.75 Å². The molecule has 108 valence electrons. The average Bonchev–Trinajstić information content (AvgIpc) is 2.36. The molecule has 3 N–H and O–H groups in total. The lowest BCUT2D eigenvalue weighted by molar-refractivity contribution is 0.125. The van der Waals surface area contributed by atoms with Gasteiger partial charge in [0, 0.05) is 6.54 Å². The molecule has 0 aliphatic carbocycles. The molecule has 0 aliphatic heterocycles. The summed E-state index contributed by atoms with van der Waals surface area (Å²) in [5, 5.41) is 9.65. The van der Waals surface area contributed by atoms with Gasteiger partial charge in [0.05, 0.1) is 11.5 Å². The fourth-order valence-electron chi connectivity index (χ4n) is 1.65. The van der Waals surface area contributed by atoms with Crippen LogP contribution in [0.4, 0.5) is 0 Å². The lowest BCUT2D eigenvalue weighted by Crippen LogP contribution is -2.28. The molecule has 1 rings (SSSR count). The van der Waals surface area contributed by atoms with Gasteiger partial charge in [-0.3, -0.25) is 0 Å². The molecule has 0 radical (unpaired) electrons. The molecule has 6 heteroatoms. The summed E-state index contributed by atoms with van der Waals surface area (Å²) in [7, 11) is -3.19. The van der Waals surface area contributed by atoms with Gasteiger partial charge in [0.1, 0.15) is 18.5 Å². The Balaban J connectivity index is 2.43. The number of hydrogen-bond donors (Lipinski definition) is 2. The van der Waals surface area contributed by atoms with Crippen molar-refractivity contribution in [3.05, 3.63) is 29.8 Å². The summed E-state index contributed by atoms with van der Waals surface area (Å²) < 4.78 is 28.3. The van der Waals surface area contributed by atoms with E-state index < -0.39 is 15.9 Å². The van der Waals surface area contributed by atoms with Gasteiger partial charge >= 0.3 is 0 Å². The molecule has 19 heavy (non-hydrogen) atoms. The molecular weight excluding hydrogens is 266 g/mol. The molecule has 0 saturated heterocycles. The molecule has 0 heterocycles. The lowest BCUT2D eigenvalue weighted by atomic mass is 10.2. The van der Waals surface area contributed by atoms with E-state index in [1.807, 2.05) is 12.1 Å². The van der Waals surface area contributed by atoms with Crippen LogP contribution in [-0.4, -0.2) is 37.7 Å². The van der Waals surface area contributed by atoms with E-state index in [-0.39, 0.29) is 18.1 Å². The van der Waals surface area contributed by atoms with Gasteiger partial charge < -0.3 is 15.6 Å². The van der Waals surface area contributed by atoms with Crippen LogP contribution in [0.5, 0.6) is 5.75 Å². The van der Waals surface area contributed by atoms with E-state index in [0.717, 1.165) is 5.56 Å². The Kier molecular flexibility index (Phi) is 6.27. The van der Waals surface area contributed by atoms with Gasteiger partial charge in [-0.2, -0.15) is 0 Å². The molecule has 1 aromatic carbocycles.